The van der Waals surface area contributed by atoms with Crippen molar-refractivity contribution in [3.8, 4) is 22.1 Å². The van der Waals surface area contributed by atoms with E-state index in [-0.39, 0.29) is 18.3 Å². The summed E-state index contributed by atoms with van der Waals surface area (Å²) in [4.78, 5) is 28.8. The summed E-state index contributed by atoms with van der Waals surface area (Å²) in [5.41, 5.74) is 1.53. The van der Waals surface area contributed by atoms with Gasteiger partial charge in [0, 0.05) is 17.0 Å². The molecule has 176 valence electrons. The second-order valence-electron chi connectivity index (χ2n) is 6.87. The average molecular weight is 492 g/mol. The number of carbonyl (C=O) groups is 2. The lowest BCUT2D eigenvalue weighted by Crippen LogP contribution is -2.24. The van der Waals surface area contributed by atoms with E-state index in [0.29, 0.717) is 35.4 Å². The number of thioether (sulfide) groups is 1. The van der Waals surface area contributed by atoms with Gasteiger partial charge in [-0.25, -0.2) is 4.98 Å². The highest BCUT2D eigenvalue weighted by atomic mass is 32.2. The number of nitrogens with one attached hydrogen (secondary N) is 1. The number of esters is 1. The fourth-order valence-corrected chi connectivity index (χ4v) is 4.18. The van der Waals surface area contributed by atoms with Crippen LogP contribution in [-0.4, -0.2) is 46.7 Å². The molecular formula is C22H25N3O6S2. The third kappa shape index (κ3) is 6.96. The van der Waals surface area contributed by atoms with Crippen LogP contribution in [0.2, 0.25) is 0 Å². The minimum atomic E-state index is -0.463. The van der Waals surface area contributed by atoms with E-state index < -0.39 is 11.2 Å². The summed E-state index contributed by atoms with van der Waals surface area (Å²) in [5, 5.41) is 8.52. The molecule has 0 unspecified atom stereocenters. The highest BCUT2D eigenvalue weighted by Crippen LogP contribution is 2.33. The molecule has 3 rings (SSSR count). The maximum Gasteiger partial charge on any atom is 0.316 e. The number of anilines is 1. The van der Waals surface area contributed by atoms with Gasteiger partial charge in [-0.1, -0.05) is 5.16 Å². The van der Waals surface area contributed by atoms with Gasteiger partial charge in [0.15, 0.2) is 17.3 Å². The van der Waals surface area contributed by atoms with E-state index >= 15 is 0 Å². The molecule has 0 spiro atoms. The van der Waals surface area contributed by atoms with Crippen molar-refractivity contribution >= 4 is 40.8 Å². The molecule has 1 N–H and O–H groups in total. The topological polar surface area (TPSA) is 113 Å². The van der Waals surface area contributed by atoms with Crippen molar-refractivity contribution in [1.82, 2.24) is 10.1 Å². The van der Waals surface area contributed by atoms with Gasteiger partial charge in [-0.15, -0.1) is 23.1 Å². The van der Waals surface area contributed by atoms with Gasteiger partial charge in [-0.3, -0.25) is 9.59 Å². The molecule has 0 aliphatic carbocycles. The van der Waals surface area contributed by atoms with E-state index in [9.17, 15) is 9.59 Å². The number of methoxy groups -OCH3 is 1. The predicted octanol–water partition coefficient (Wildman–Crippen LogP) is 4.32. The number of thiazole rings is 1. The summed E-state index contributed by atoms with van der Waals surface area (Å²) >= 11 is 2.62. The zero-order valence-electron chi connectivity index (χ0n) is 18.7. The number of hydrogen-bond donors (Lipinski definition) is 1. The SMILES string of the molecule is CCOc1ccc(-c2nc(COC(=O)CS[C@H](C)C(=O)Nc3cc(C)on3)cs2)cc1OC. The molecule has 0 saturated heterocycles. The van der Waals surface area contributed by atoms with Crippen molar-refractivity contribution in [3.63, 3.8) is 0 Å². The summed E-state index contributed by atoms with van der Waals surface area (Å²) in [6.45, 7) is 5.96. The minimum absolute atomic E-state index is 0.0412. The first-order valence-electron chi connectivity index (χ1n) is 10.2. The highest BCUT2D eigenvalue weighted by Gasteiger charge is 2.18. The molecule has 0 fully saturated rings. The fourth-order valence-electron chi connectivity index (χ4n) is 2.70. The minimum Gasteiger partial charge on any atom is -0.493 e. The molecule has 0 aliphatic rings. The monoisotopic (exact) mass is 491 g/mol. The van der Waals surface area contributed by atoms with Gasteiger partial charge in [-0.2, -0.15) is 0 Å². The fraction of sp³-hybridized carbons (Fsp3) is 0.364. The standard InChI is InChI=1S/C22H25N3O6S2/c1-5-29-17-7-6-15(9-18(17)28-4)22-23-16(11-33-22)10-30-20(26)12-32-14(3)21(27)24-19-8-13(2)31-25-19/h6-9,11,14H,5,10,12H2,1-4H3,(H,24,25,27)/t14-/m1/s1. The molecule has 0 bridgehead atoms. The van der Waals surface area contributed by atoms with Crippen molar-refractivity contribution in [2.24, 2.45) is 0 Å². The number of ether oxygens (including phenoxy) is 3. The van der Waals surface area contributed by atoms with Crippen LogP contribution in [0.15, 0.2) is 34.2 Å². The maximum atomic E-state index is 12.2. The van der Waals surface area contributed by atoms with Gasteiger partial charge in [0.25, 0.3) is 0 Å². The number of amides is 1. The first kappa shape index (κ1) is 24.6. The van der Waals surface area contributed by atoms with Crippen molar-refractivity contribution in [3.05, 3.63) is 41.1 Å². The van der Waals surface area contributed by atoms with E-state index in [0.717, 1.165) is 10.6 Å². The van der Waals surface area contributed by atoms with Crippen LogP contribution < -0.4 is 14.8 Å². The Morgan fingerprint density at radius 1 is 1.27 bits per heavy atom. The third-order valence-electron chi connectivity index (χ3n) is 4.34. The number of nitrogens with zero attached hydrogens (tertiary/aromatic N) is 2. The molecule has 11 heteroatoms. The number of benzene rings is 1. The Hall–Kier alpha value is -3.05. The number of aromatic nitrogens is 2. The van der Waals surface area contributed by atoms with Crippen LogP contribution in [0.4, 0.5) is 5.82 Å². The zero-order valence-corrected chi connectivity index (χ0v) is 20.4. The Morgan fingerprint density at radius 2 is 2.09 bits per heavy atom. The van der Waals surface area contributed by atoms with Crippen molar-refractivity contribution in [2.45, 2.75) is 32.6 Å². The molecule has 0 saturated carbocycles. The van der Waals surface area contributed by atoms with Gasteiger partial charge >= 0.3 is 5.97 Å². The summed E-state index contributed by atoms with van der Waals surface area (Å²) < 4.78 is 21.1. The lowest BCUT2D eigenvalue weighted by Gasteiger charge is -2.10. The van der Waals surface area contributed by atoms with Crippen LogP contribution in [-0.2, 0) is 20.9 Å². The first-order chi connectivity index (χ1) is 15.9. The van der Waals surface area contributed by atoms with E-state index in [1.807, 2.05) is 30.5 Å². The Morgan fingerprint density at radius 3 is 2.79 bits per heavy atom. The van der Waals surface area contributed by atoms with E-state index in [1.54, 1.807) is 27.0 Å². The summed E-state index contributed by atoms with van der Waals surface area (Å²) in [6, 6.07) is 7.24. The molecule has 1 amide bonds. The quantitative estimate of drug-likeness (QED) is 0.392. The lowest BCUT2D eigenvalue weighted by atomic mass is 10.2. The van der Waals surface area contributed by atoms with Crippen LogP contribution >= 0.6 is 23.1 Å². The van der Waals surface area contributed by atoms with Crippen LogP contribution in [0, 0.1) is 6.92 Å². The summed E-state index contributed by atoms with van der Waals surface area (Å²) in [7, 11) is 1.59. The van der Waals surface area contributed by atoms with E-state index in [1.165, 1.54) is 23.1 Å². The number of hydrogen-bond acceptors (Lipinski definition) is 10. The molecule has 0 aliphatic heterocycles. The van der Waals surface area contributed by atoms with Gasteiger partial charge < -0.3 is 24.1 Å². The van der Waals surface area contributed by atoms with Crippen molar-refractivity contribution < 1.29 is 28.3 Å². The van der Waals surface area contributed by atoms with Crippen molar-refractivity contribution in [2.75, 3.05) is 24.8 Å². The van der Waals surface area contributed by atoms with Gasteiger partial charge in [-0.05, 0) is 39.0 Å². The van der Waals surface area contributed by atoms with Gasteiger partial charge in [0.1, 0.15) is 17.4 Å². The molecule has 1 atom stereocenters. The molecular weight excluding hydrogens is 466 g/mol. The Labute approximate surface area is 199 Å². The van der Waals surface area contributed by atoms with Crippen LogP contribution in [0.25, 0.3) is 10.6 Å². The largest absolute Gasteiger partial charge is 0.493 e. The molecule has 1 aromatic carbocycles. The third-order valence-corrected chi connectivity index (χ3v) is 6.40. The molecule has 3 aromatic rings. The number of aryl methyl sites for hydroxylation is 1. The normalized spacial score (nSPS) is 11.6. The first-order valence-corrected chi connectivity index (χ1v) is 12.1. The smallest absolute Gasteiger partial charge is 0.316 e. The Balaban J connectivity index is 1.47. The number of rotatable bonds is 11. The van der Waals surface area contributed by atoms with Crippen LogP contribution in [0.1, 0.15) is 25.3 Å². The molecule has 2 aromatic heterocycles. The lowest BCUT2D eigenvalue weighted by molar-refractivity contribution is -0.141. The molecule has 9 nitrogen and oxygen atoms in total. The Kier molecular flexibility index (Phi) is 8.72. The Bertz CT molecular complexity index is 1100. The highest BCUT2D eigenvalue weighted by molar-refractivity contribution is 8.01. The van der Waals surface area contributed by atoms with Crippen LogP contribution in [0.5, 0.6) is 11.5 Å². The van der Waals surface area contributed by atoms with Gasteiger partial charge in [0.2, 0.25) is 5.91 Å². The average Bonchev–Trinajstić information content (AvgIpc) is 3.45. The molecule has 0 radical (unpaired) electrons. The number of carbonyl (C=O) groups excluding carboxylic acids is 2. The molecule has 2 heterocycles. The second kappa shape index (κ2) is 11.7. The van der Waals surface area contributed by atoms with Gasteiger partial charge in [0.05, 0.1) is 30.4 Å². The van der Waals surface area contributed by atoms with Crippen molar-refractivity contribution in [1.29, 1.82) is 0 Å². The van der Waals surface area contributed by atoms with E-state index in [4.69, 9.17) is 18.7 Å². The zero-order chi connectivity index (χ0) is 23.8. The van der Waals surface area contributed by atoms with E-state index in [2.05, 4.69) is 15.5 Å². The van der Waals surface area contributed by atoms with Crippen LogP contribution in [0.3, 0.4) is 0 Å². The maximum absolute atomic E-state index is 12.2. The molecule has 33 heavy (non-hydrogen) atoms. The summed E-state index contributed by atoms with van der Waals surface area (Å²) in [6.07, 6.45) is 0. The predicted molar refractivity (Wildman–Crippen MR) is 127 cm³/mol. The summed E-state index contributed by atoms with van der Waals surface area (Å²) in [5.74, 6) is 1.60. The second-order valence-corrected chi connectivity index (χ2v) is 9.06.